The number of hydrogen-bond acceptors (Lipinski definition) is 3. The van der Waals surface area contributed by atoms with Gasteiger partial charge in [0, 0.05) is 41.8 Å². The minimum absolute atomic E-state index is 0.717. The summed E-state index contributed by atoms with van der Waals surface area (Å²) in [5.74, 6) is 0. The van der Waals surface area contributed by atoms with Crippen molar-refractivity contribution in [1.82, 2.24) is 14.8 Å². The summed E-state index contributed by atoms with van der Waals surface area (Å²) in [6, 6.07) is 2.14. The Hall–Kier alpha value is -1.97. The van der Waals surface area contributed by atoms with Gasteiger partial charge in [0.05, 0.1) is 18.4 Å². The number of rotatable bonds is 1. The zero-order valence-corrected chi connectivity index (χ0v) is 9.31. The second-order valence-corrected chi connectivity index (χ2v) is 4.02. The van der Waals surface area contributed by atoms with Crippen molar-refractivity contribution in [2.24, 2.45) is 12.0 Å². The number of pyridine rings is 1. The molecule has 0 aromatic carbocycles. The maximum atomic E-state index is 4.44. The lowest BCUT2D eigenvalue weighted by atomic mass is 10.1. The molecule has 0 saturated carbocycles. The lowest BCUT2D eigenvalue weighted by molar-refractivity contribution is 0.768. The van der Waals surface area contributed by atoms with E-state index in [4.69, 9.17) is 0 Å². The fourth-order valence-electron chi connectivity index (χ4n) is 1.94. The van der Waals surface area contributed by atoms with E-state index in [0.717, 1.165) is 22.5 Å². The van der Waals surface area contributed by atoms with Crippen LogP contribution in [-0.4, -0.2) is 20.5 Å². The van der Waals surface area contributed by atoms with Crippen LogP contribution in [0.25, 0.3) is 11.1 Å². The Morgan fingerprint density at radius 2 is 2.12 bits per heavy atom. The van der Waals surface area contributed by atoms with Gasteiger partial charge >= 0.3 is 0 Å². The van der Waals surface area contributed by atoms with E-state index >= 15 is 0 Å². The predicted octanol–water partition coefficient (Wildman–Crippen LogP) is 1.80. The van der Waals surface area contributed by atoms with Gasteiger partial charge in [0.25, 0.3) is 0 Å². The molecule has 0 atom stereocenters. The van der Waals surface area contributed by atoms with Crippen LogP contribution < -0.4 is 0 Å². The Bertz CT molecular complexity index is 580. The van der Waals surface area contributed by atoms with Crippen molar-refractivity contribution in [3.05, 3.63) is 35.9 Å². The standard InChI is InChI=1S/C12H12N4/c1-8-11-3-9(4-14-12(11)6-13-8)10-5-15-16(2)7-10/h3-5,7H,6H2,1-2H3. The first kappa shape index (κ1) is 9.27. The van der Waals surface area contributed by atoms with Crippen LogP contribution >= 0.6 is 0 Å². The summed E-state index contributed by atoms with van der Waals surface area (Å²) in [5, 5.41) is 4.16. The van der Waals surface area contributed by atoms with E-state index in [9.17, 15) is 0 Å². The lowest BCUT2D eigenvalue weighted by Crippen LogP contribution is -1.95. The Balaban J connectivity index is 2.10. The van der Waals surface area contributed by atoms with Crippen LogP contribution in [0.5, 0.6) is 0 Å². The molecule has 2 aromatic heterocycles. The Morgan fingerprint density at radius 3 is 2.88 bits per heavy atom. The number of aromatic nitrogens is 3. The molecule has 0 aliphatic carbocycles. The summed E-state index contributed by atoms with van der Waals surface area (Å²) in [6.07, 6.45) is 5.74. The molecule has 3 heterocycles. The summed E-state index contributed by atoms with van der Waals surface area (Å²) in [6.45, 7) is 2.75. The SMILES string of the molecule is CC1=NCc2ncc(-c3cnn(C)c3)cc21. The first-order valence-electron chi connectivity index (χ1n) is 5.23. The van der Waals surface area contributed by atoms with E-state index in [-0.39, 0.29) is 0 Å². The van der Waals surface area contributed by atoms with E-state index in [1.54, 1.807) is 4.68 Å². The fourth-order valence-corrected chi connectivity index (χ4v) is 1.94. The van der Waals surface area contributed by atoms with Gasteiger partial charge < -0.3 is 0 Å². The highest BCUT2D eigenvalue weighted by Gasteiger charge is 2.14. The van der Waals surface area contributed by atoms with Crippen LogP contribution in [0.4, 0.5) is 0 Å². The minimum Gasteiger partial charge on any atom is -0.283 e. The zero-order chi connectivity index (χ0) is 11.1. The van der Waals surface area contributed by atoms with Crippen molar-refractivity contribution in [3.63, 3.8) is 0 Å². The van der Waals surface area contributed by atoms with Gasteiger partial charge in [-0.25, -0.2) is 0 Å². The highest BCUT2D eigenvalue weighted by atomic mass is 15.2. The van der Waals surface area contributed by atoms with Gasteiger partial charge in [-0.1, -0.05) is 0 Å². The van der Waals surface area contributed by atoms with Gasteiger partial charge in [0.1, 0.15) is 0 Å². The molecule has 0 unspecified atom stereocenters. The first-order chi connectivity index (χ1) is 7.74. The van der Waals surface area contributed by atoms with Gasteiger partial charge in [0.2, 0.25) is 0 Å². The quantitative estimate of drug-likeness (QED) is 0.723. The molecule has 1 aliphatic rings. The minimum atomic E-state index is 0.717. The van der Waals surface area contributed by atoms with Crippen LogP contribution in [0.15, 0.2) is 29.6 Å². The smallest absolute Gasteiger partial charge is 0.0821 e. The van der Waals surface area contributed by atoms with Crippen molar-refractivity contribution >= 4 is 5.71 Å². The van der Waals surface area contributed by atoms with Crippen LogP contribution in [0.3, 0.4) is 0 Å². The molecule has 16 heavy (non-hydrogen) atoms. The predicted molar refractivity (Wildman–Crippen MR) is 62.4 cm³/mol. The average molecular weight is 212 g/mol. The van der Waals surface area contributed by atoms with Crippen LogP contribution in [0, 0.1) is 0 Å². The maximum Gasteiger partial charge on any atom is 0.0821 e. The van der Waals surface area contributed by atoms with Gasteiger partial charge in [-0.3, -0.25) is 14.7 Å². The normalized spacial score (nSPS) is 13.8. The van der Waals surface area contributed by atoms with Gasteiger partial charge in [-0.05, 0) is 13.0 Å². The Kier molecular flexibility index (Phi) is 1.89. The summed E-state index contributed by atoms with van der Waals surface area (Å²) in [5.41, 5.74) is 5.51. The molecule has 0 saturated heterocycles. The van der Waals surface area contributed by atoms with Gasteiger partial charge in [0.15, 0.2) is 0 Å². The molecule has 0 bridgehead atoms. The molecule has 80 valence electrons. The molecule has 0 fully saturated rings. The van der Waals surface area contributed by atoms with Crippen molar-refractivity contribution < 1.29 is 0 Å². The highest BCUT2D eigenvalue weighted by molar-refractivity contribution is 6.02. The second-order valence-electron chi connectivity index (χ2n) is 4.02. The number of aliphatic imine (C=N–C) groups is 1. The lowest BCUT2D eigenvalue weighted by Gasteiger charge is -2.01. The molecule has 4 heteroatoms. The van der Waals surface area contributed by atoms with E-state index in [0.29, 0.717) is 6.54 Å². The van der Waals surface area contributed by atoms with Crippen molar-refractivity contribution in [3.8, 4) is 11.1 Å². The third-order valence-corrected chi connectivity index (χ3v) is 2.86. The molecule has 0 spiro atoms. The summed E-state index contributed by atoms with van der Waals surface area (Å²) in [7, 11) is 1.91. The topological polar surface area (TPSA) is 43.1 Å². The molecule has 4 nitrogen and oxygen atoms in total. The monoisotopic (exact) mass is 212 g/mol. The fraction of sp³-hybridized carbons (Fsp3) is 0.250. The molecule has 0 N–H and O–H groups in total. The Morgan fingerprint density at radius 1 is 1.25 bits per heavy atom. The highest BCUT2D eigenvalue weighted by Crippen LogP contribution is 2.23. The first-order valence-corrected chi connectivity index (χ1v) is 5.23. The van der Waals surface area contributed by atoms with E-state index in [1.807, 2.05) is 32.6 Å². The molecule has 3 rings (SSSR count). The van der Waals surface area contributed by atoms with Crippen molar-refractivity contribution in [1.29, 1.82) is 0 Å². The van der Waals surface area contributed by atoms with Crippen LogP contribution in [0.1, 0.15) is 18.2 Å². The Labute approximate surface area is 93.7 Å². The van der Waals surface area contributed by atoms with E-state index < -0.39 is 0 Å². The third-order valence-electron chi connectivity index (χ3n) is 2.86. The number of nitrogens with zero attached hydrogens (tertiary/aromatic N) is 4. The van der Waals surface area contributed by atoms with Crippen LogP contribution in [-0.2, 0) is 13.6 Å². The molecule has 0 radical (unpaired) electrons. The van der Waals surface area contributed by atoms with Crippen molar-refractivity contribution in [2.45, 2.75) is 13.5 Å². The summed E-state index contributed by atoms with van der Waals surface area (Å²) < 4.78 is 1.80. The number of aryl methyl sites for hydroxylation is 1. The van der Waals surface area contributed by atoms with E-state index in [1.165, 1.54) is 5.56 Å². The van der Waals surface area contributed by atoms with E-state index in [2.05, 4.69) is 21.1 Å². The number of hydrogen-bond donors (Lipinski definition) is 0. The molecular formula is C12H12N4. The second kappa shape index (κ2) is 3.27. The molecule has 2 aromatic rings. The number of fused-ring (bicyclic) bond motifs is 1. The molecule has 1 aliphatic heterocycles. The molecular weight excluding hydrogens is 200 g/mol. The van der Waals surface area contributed by atoms with Gasteiger partial charge in [-0.2, -0.15) is 5.10 Å². The van der Waals surface area contributed by atoms with Crippen LogP contribution in [0.2, 0.25) is 0 Å². The van der Waals surface area contributed by atoms with Crippen molar-refractivity contribution in [2.75, 3.05) is 0 Å². The zero-order valence-electron chi connectivity index (χ0n) is 9.31. The average Bonchev–Trinajstić information content (AvgIpc) is 2.86. The maximum absolute atomic E-state index is 4.44. The largest absolute Gasteiger partial charge is 0.283 e. The third kappa shape index (κ3) is 1.34. The van der Waals surface area contributed by atoms with Gasteiger partial charge in [-0.15, -0.1) is 0 Å². The summed E-state index contributed by atoms with van der Waals surface area (Å²) >= 11 is 0. The summed E-state index contributed by atoms with van der Waals surface area (Å²) in [4.78, 5) is 8.82. The molecule has 0 amide bonds.